The largest absolute Gasteiger partial charge is 0.416 e. The number of rotatable bonds is 4. The third kappa shape index (κ3) is 4.59. The van der Waals surface area contributed by atoms with Crippen molar-refractivity contribution in [3.8, 4) is 11.6 Å². The van der Waals surface area contributed by atoms with Crippen LogP contribution in [0.5, 0.6) is 5.88 Å². The van der Waals surface area contributed by atoms with E-state index in [0.717, 1.165) is 11.4 Å². The lowest BCUT2D eigenvalue weighted by atomic mass is 10.0. The summed E-state index contributed by atoms with van der Waals surface area (Å²) >= 11 is 0. The van der Waals surface area contributed by atoms with Gasteiger partial charge >= 0.3 is 6.09 Å². The maximum atomic E-state index is 12.8. The molecule has 2 N–H and O–H groups in total. The molecule has 8 heteroatoms. The minimum Gasteiger partial charge on any atom is -0.391 e. The van der Waals surface area contributed by atoms with Gasteiger partial charge in [-0.1, -0.05) is 32.0 Å². The Labute approximate surface area is 171 Å². The molecule has 1 unspecified atom stereocenters. The van der Waals surface area contributed by atoms with E-state index in [1.54, 1.807) is 20.5 Å². The van der Waals surface area contributed by atoms with Crippen LogP contribution in [0.4, 0.5) is 4.79 Å². The number of amides is 2. The molecule has 1 saturated heterocycles. The number of aromatic nitrogens is 2. The van der Waals surface area contributed by atoms with E-state index in [1.807, 2.05) is 58.0 Å². The van der Waals surface area contributed by atoms with Crippen LogP contribution in [0.25, 0.3) is 5.69 Å². The second-order valence-electron chi connectivity index (χ2n) is 7.84. The average molecular weight is 399 g/mol. The summed E-state index contributed by atoms with van der Waals surface area (Å²) in [6, 6.07) is 10.5. The van der Waals surface area contributed by atoms with Crippen LogP contribution in [0, 0.1) is 12.8 Å². The second-order valence-corrected chi connectivity index (χ2v) is 7.84. The van der Waals surface area contributed by atoms with Gasteiger partial charge < -0.3 is 20.3 Å². The Morgan fingerprint density at radius 2 is 1.90 bits per heavy atom. The van der Waals surface area contributed by atoms with Crippen LogP contribution in [0.15, 0.2) is 36.4 Å². The SMILES string of the molecule is Cc1cc(OC(=O)N2CCN(C(=O)C(N)C(C)C)C[C@H]2C)n(-c2ccccc2)n1. The number of hydrogen-bond acceptors (Lipinski definition) is 5. The normalized spacial score (nSPS) is 18.1. The first-order chi connectivity index (χ1) is 13.8. The molecule has 29 heavy (non-hydrogen) atoms. The van der Waals surface area contributed by atoms with Gasteiger partial charge in [0.1, 0.15) is 0 Å². The predicted octanol–water partition coefficient (Wildman–Crippen LogP) is 2.20. The first-order valence-corrected chi connectivity index (χ1v) is 9.93. The first kappa shape index (κ1) is 20.9. The van der Waals surface area contributed by atoms with Crippen molar-refractivity contribution in [2.24, 2.45) is 11.7 Å². The third-order valence-electron chi connectivity index (χ3n) is 5.17. The summed E-state index contributed by atoms with van der Waals surface area (Å²) in [5.74, 6) is 0.367. The van der Waals surface area contributed by atoms with Gasteiger partial charge in [0.15, 0.2) is 0 Å². The highest BCUT2D eigenvalue weighted by atomic mass is 16.6. The summed E-state index contributed by atoms with van der Waals surface area (Å²) in [5, 5.41) is 4.42. The molecule has 2 atom stereocenters. The fourth-order valence-corrected chi connectivity index (χ4v) is 3.38. The molecule has 2 aromatic rings. The zero-order valence-electron chi connectivity index (χ0n) is 17.4. The molecule has 0 spiro atoms. The van der Waals surface area contributed by atoms with Crippen molar-refractivity contribution in [3.63, 3.8) is 0 Å². The number of aryl methyl sites for hydroxylation is 1. The third-order valence-corrected chi connectivity index (χ3v) is 5.17. The van der Waals surface area contributed by atoms with Crippen molar-refractivity contribution in [1.82, 2.24) is 19.6 Å². The molecule has 0 saturated carbocycles. The number of para-hydroxylation sites is 1. The molecule has 2 amide bonds. The van der Waals surface area contributed by atoms with Crippen molar-refractivity contribution >= 4 is 12.0 Å². The molecule has 3 rings (SSSR count). The summed E-state index contributed by atoms with van der Waals surface area (Å²) in [7, 11) is 0. The average Bonchev–Trinajstić information content (AvgIpc) is 3.07. The molecular weight excluding hydrogens is 370 g/mol. The van der Waals surface area contributed by atoms with Crippen LogP contribution in [0.3, 0.4) is 0 Å². The van der Waals surface area contributed by atoms with Crippen LogP contribution in [0.2, 0.25) is 0 Å². The van der Waals surface area contributed by atoms with Gasteiger partial charge in [0, 0.05) is 31.7 Å². The van der Waals surface area contributed by atoms with Gasteiger partial charge in [-0.15, -0.1) is 0 Å². The lowest BCUT2D eigenvalue weighted by molar-refractivity contribution is -0.136. The number of nitrogens with zero attached hydrogens (tertiary/aromatic N) is 4. The Bertz CT molecular complexity index is 864. The molecule has 0 aliphatic carbocycles. The van der Waals surface area contributed by atoms with Crippen molar-refractivity contribution < 1.29 is 14.3 Å². The summed E-state index contributed by atoms with van der Waals surface area (Å²) in [6.07, 6.45) is -0.449. The highest BCUT2D eigenvalue weighted by molar-refractivity contribution is 5.82. The van der Waals surface area contributed by atoms with Crippen molar-refractivity contribution in [3.05, 3.63) is 42.1 Å². The molecule has 1 aliphatic rings. The molecule has 1 aromatic heterocycles. The number of carbonyl (C=O) groups is 2. The minimum atomic E-state index is -0.524. The molecule has 1 fully saturated rings. The van der Waals surface area contributed by atoms with Crippen LogP contribution in [-0.2, 0) is 4.79 Å². The Hall–Kier alpha value is -2.87. The fraction of sp³-hybridized carbons (Fsp3) is 0.476. The summed E-state index contributed by atoms with van der Waals surface area (Å²) in [5.41, 5.74) is 7.57. The van der Waals surface area contributed by atoms with Crippen molar-refractivity contribution in [2.45, 2.75) is 39.8 Å². The van der Waals surface area contributed by atoms with Gasteiger partial charge in [0.05, 0.1) is 17.4 Å². The molecule has 2 heterocycles. The van der Waals surface area contributed by atoms with Crippen molar-refractivity contribution in [1.29, 1.82) is 0 Å². The molecule has 0 bridgehead atoms. The van der Waals surface area contributed by atoms with E-state index in [1.165, 1.54) is 0 Å². The number of piperazine rings is 1. The molecule has 1 aromatic carbocycles. The summed E-state index contributed by atoms with van der Waals surface area (Å²) < 4.78 is 7.28. The Kier molecular flexibility index (Phi) is 6.22. The van der Waals surface area contributed by atoms with Gasteiger partial charge in [0.25, 0.3) is 0 Å². The molecule has 156 valence electrons. The van der Waals surface area contributed by atoms with Crippen LogP contribution in [0.1, 0.15) is 26.5 Å². The highest BCUT2D eigenvalue weighted by Gasteiger charge is 2.33. The highest BCUT2D eigenvalue weighted by Crippen LogP contribution is 2.21. The number of hydrogen-bond donors (Lipinski definition) is 1. The minimum absolute atomic E-state index is 0.0716. The van der Waals surface area contributed by atoms with Gasteiger partial charge in [-0.3, -0.25) is 4.79 Å². The number of ether oxygens (including phenoxy) is 1. The quantitative estimate of drug-likeness (QED) is 0.851. The van der Waals surface area contributed by atoms with Crippen LogP contribution >= 0.6 is 0 Å². The topological polar surface area (TPSA) is 93.7 Å². The van der Waals surface area contributed by atoms with E-state index in [2.05, 4.69) is 5.10 Å². The van der Waals surface area contributed by atoms with E-state index < -0.39 is 12.1 Å². The van der Waals surface area contributed by atoms with Crippen LogP contribution in [-0.4, -0.2) is 63.3 Å². The van der Waals surface area contributed by atoms with Gasteiger partial charge in [0.2, 0.25) is 11.8 Å². The monoisotopic (exact) mass is 399 g/mol. The zero-order chi connectivity index (χ0) is 21.1. The zero-order valence-corrected chi connectivity index (χ0v) is 17.4. The maximum absolute atomic E-state index is 12.8. The Balaban J connectivity index is 1.68. The molecule has 1 aliphatic heterocycles. The Morgan fingerprint density at radius 1 is 1.21 bits per heavy atom. The predicted molar refractivity (Wildman–Crippen MR) is 110 cm³/mol. The first-order valence-electron chi connectivity index (χ1n) is 9.93. The maximum Gasteiger partial charge on any atom is 0.416 e. The lowest BCUT2D eigenvalue weighted by Crippen LogP contribution is -2.59. The van der Waals surface area contributed by atoms with Crippen molar-refractivity contribution in [2.75, 3.05) is 19.6 Å². The van der Waals surface area contributed by atoms with Gasteiger partial charge in [-0.25, -0.2) is 9.48 Å². The summed E-state index contributed by atoms with van der Waals surface area (Å²) in [4.78, 5) is 28.7. The Morgan fingerprint density at radius 3 is 2.52 bits per heavy atom. The van der Waals surface area contributed by atoms with E-state index in [4.69, 9.17) is 10.5 Å². The number of carbonyl (C=O) groups excluding carboxylic acids is 2. The van der Waals surface area contributed by atoms with E-state index >= 15 is 0 Å². The van der Waals surface area contributed by atoms with E-state index in [0.29, 0.717) is 25.5 Å². The van der Waals surface area contributed by atoms with Gasteiger partial charge in [-0.2, -0.15) is 5.10 Å². The number of benzene rings is 1. The molecule has 8 nitrogen and oxygen atoms in total. The van der Waals surface area contributed by atoms with Gasteiger partial charge in [-0.05, 0) is 31.9 Å². The van der Waals surface area contributed by atoms with E-state index in [9.17, 15) is 9.59 Å². The molecular formula is C21H29N5O3. The summed E-state index contributed by atoms with van der Waals surface area (Å²) in [6.45, 7) is 8.88. The molecule has 0 radical (unpaired) electrons. The van der Waals surface area contributed by atoms with E-state index in [-0.39, 0.29) is 17.9 Å². The standard InChI is InChI=1S/C21H29N5O3/c1-14(2)19(22)20(27)24-10-11-25(16(4)13-24)21(28)29-18-12-15(3)23-26(18)17-8-6-5-7-9-17/h5-9,12,14,16,19H,10-11,13,22H2,1-4H3/t16-,19?/m1/s1. The second kappa shape index (κ2) is 8.65. The lowest BCUT2D eigenvalue weighted by Gasteiger charge is -2.40. The number of nitrogens with two attached hydrogens (primary N) is 1. The smallest absolute Gasteiger partial charge is 0.391 e. The fourth-order valence-electron chi connectivity index (χ4n) is 3.38. The van der Waals surface area contributed by atoms with Crippen LogP contribution < -0.4 is 10.5 Å².